The minimum Gasteiger partial charge on any atom is -0.393 e. The molecule has 0 heterocycles. The van der Waals surface area contributed by atoms with Gasteiger partial charge in [0.25, 0.3) is 0 Å². The van der Waals surface area contributed by atoms with E-state index in [1.807, 2.05) is 0 Å². The summed E-state index contributed by atoms with van der Waals surface area (Å²) >= 11 is 5.90. The molecule has 3 heteroatoms. The average molecular weight is 243 g/mol. The summed E-state index contributed by atoms with van der Waals surface area (Å²) in [5, 5.41) is 10.2. The Kier molecular flexibility index (Phi) is 3.82. The highest BCUT2D eigenvalue weighted by atomic mass is 35.5. The second-order valence-electron chi connectivity index (χ2n) is 4.61. The number of hydrogen-bond donors (Lipinski definition) is 1. The molecule has 2 rings (SSSR count). The molecular weight excluding hydrogens is 227 g/mol. The number of hydrogen-bond acceptors (Lipinski definition) is 1. The summed E-state index contributed by atoms with van der Waals surface area (Å²) in [5.74, 6) is 0.500. The molecule has 1 aromatic carbocycles. The van der Waals surface area contributed by atoms with E-state index in [2.05, 4.69) is 0 Å². The smallest absolute Gasteiger partial charge is 0.124 e. The third-order valence-electron chi connectivity index (χ3n) is 3.08. The summed E-state index contributed by atoms with van der Waals surface area (Å²) in [4.78, 5) is 0. The van der Waals surface area contributed by atoms with Gasteiger partial charge in [-0.25, -0.2) is 4.39 Å². The first-order valence-electron chi connectivity index (χ1n) is 5.77. The molecular formula is C13H16ClFO. The van der Waals surface area contributed by atoms with E-state index in [1.165, 1.54) is 25.0 Å². The number of aliphatic hydroxyl groups excluding tert-OH is 1. The standard InChI is InChI=1S/C13H16ClFO/c14-13-8-11(15)5-4-10(13)7-12(16)6-3-9-1-2-9/h4-5,8-9,12,16H,1-3,6-7H2. The molecule has 1 aliphatic rings. The van der Waals surface area contributed by atoms with Crippen molar-refractivity contribution in [3.8, 4) is 0 Å². The predicted octanol–water partition coefficient (Wildman–Crippen LogP) is 3.57. The molecule has 88 valence electrons. The molecule has 0 bridgehead atoms. The minimum atomic E-state index is -0.358. The van der Waals surface area contributed by atoms with E-state index in [9.17, 15) is 9.50 Å². The molecule has 0 saturated heterocycles. The molecule has 1 unspecified atom stereocenters. The van der Waals surface area contributed by atoms with E-state index >= 15 is 0 Å². The second-order valence-corrected chi connectivity index (χ2v) is 5.02. The second kappa shape index (κ2) is 5.15. The Balaban J connectivity index is 1.86. The maximum Gasteiger partial charge on any atom is 0.124 e. The van der Waals surface area contributed by atoms with Gasteiger partial charge in [0.1, 0.15) is 5.82 Å². The zero-order valence-corrected chi connectivity index (χ0v) is 9.88. The third-order valence-corrected chi connectivity index (χ3v) is 3.43. The Hall–Kier alpha value is -0.600. The van der Waals surface area contributed by atoms with Crippen LogP contribution in [0.5, 0.6) is 0 Å². The zero-order chi connectivity index (χ0) is 11.5. The molecule has 1 N–H and O–H groups in total. The highest BCUT2D eigenvalue weighted by Gasteiger charge is 2.22. The Morgan fingerprint density at radius 1 is 1.44 bits per heavy atom. The van der Waals surface area contributed by atoms with Gasteiger partial charge in [-0.2, -0.15) is 0 Å². The lowest BCUT2D eigenvalue weighted by atomic mass is 10.0. The van der Waals surface area contributed by atoms with Gasteiger partial charge in [0, 0.05) is 5.02 Å². The Labute approximate surface area is 100 Å². The lowest BCUT2D eigenvalue weighted by molar-refractivity contribution is 0.160. The van der Waals surface area contributed by atoms with E-state index in [1.54, 1.807) is 6.07 Å². The van der Waals surface area contributed by atoms with Gasteiger partial charge in [-0.05, 0) is 42.9 Å². The van der Waals surface area contributed by atoms with Crippen molar-refractivity contribution in [2.24, 2.45) is 5.92 Å². The van der Waals surface area contributed by atoms with Crippen molar-refractivity contribution in [2.45, 2.75) is 38.2 Å². The van der Waals surface area contributed by atoms with Crippen molar-refractivity contribution in [3.63, 3.8) is 0 Å². The van der Waals surface area contributed by atoms with E-state index in [4.69, 9.17) is 11.6 Å². The third kappa shape index (κ3) is 3.46. The maximum absolute atomic E-state index is 12.8. The van der Waals surface area contributed by atoms with Crippen molar-refractivity contribution in [1.29, 1.82) is 0 Å². The van der Waals surface area contributed by atoms with Crippen LogP contribution in [0.15, 0.2) is 18.2 Å². The van der Waals surface area contributed by atoms with Crippen LogP contribution in [-0.4, -0.2) is 11.2 Å². The van der Waals surface area contributed by atoms with E-state index in [-0.39, 0.29) is 11.9 Å². The van der Waals surface area contributed by atoms with Gasteiger partial charge in [0.05, 0.1) is 6.10 Å². The van der Waals surface area contributed by atoms with E-state index < -0.39 is 0 Å². The molecule has 0 spiro atoms. The first kappa shape index (κ1) is 11.9. The number of rotatable bonds is 5. The van der Waals surface area contributed by atoms with Gasteiger partial charge in [-0.1, -0.05) is 30.5 Å². The van der Waals surface area contributed by atoms with Crippen LogP contribution < -0.4 is 0 Å². The van der Waals surface area contributed by atoms with Gasteiger partial charge in [0.15, 0.2) is 0 Å². The van der Waals surface area contributed by atoms with Crippen LogP contribution in [0.3, 0.4) is 0 Å². The molecule has 0 aliphatic heterocycles. The fourth-order valence-electron chi connectivity index (χ4n) is 1.88. The first-order chi connectivity index (χ1) is 7.65. The largest absolute Gasteiger partial charge is 0.393 e. The maximum atomic E-state index is 12.8. The summed E-state index contributed by atoms with van der Waals surface area (Å²) < 4.78 is 12.8. The van der Waals surface area contributed by atoms with E-state index in [0.717, 1.165) is 24.3 Å². The Bertz CT molecular complexity index is 363. The molecule has 1 nitrogen and oxygen atoms in total. The minimum absolute atomic E-state index is 0.332. The van der Waals surface area contributed by atoms with Gasteiger partial charge in [-0.3, -0.25) is 0 Å². The SMILES string of the molecule is OC(CCC1CC1)Cc1ccc(F)cc1Cl. The van der Waals surface area contributed by atoms with Crippen LogP contribution in [0.4, 0.5) is 4.39 Å². The highest BCUT2D eigenvalue weighted by Crippen LogP contribution is 2.34. The highest BCUT2D eigenvalue weighted by molar-refractivity contribution is 6.31. The molecule has 1 aliphatic carbocycles. The molecule has 1 saturated carbocycles. The molecule has 0 amide bonds. The molecule has 16 heavy (non-hydrogen) atoms. The fraction of sp³-hybridized carbons (Fsp3) is 0.538. The predicted molar refractivity (Wildman–Crippen MR) is 63.1 cm³/mol. The monoisotopic (exact) mass is 242 g/mol. The molecule has 1 atom stereocenters. The first-order valence-corrected chi connectivity index (χ1v) is 6.15. The molecule has 1 aromatic rings. The number of benzene rings is 1. The normalized spacial score (nSPS) is 17.4. The van der Waals surface area contributed by atoms with Crippen LogP contribution in [0.1, 0.15) is 31.2 Å². The number of aliphatic hydroxyl groups is 1. The summed E-state index contributed by atoms with van der Waals surface area (Å²) in [5.41, 5.74) is 0.825. The fourth-order valence-corrected chi connectivity index (χ4v) is 2.12. The Morgan fingerprint density at radius 3 is 2.81 bits per heavy atom. The lowest BCUT2D eigenvalue weighted by Crippen LogP contribution is -2.11. The van der Waals surface area contributed by atoms with Crippen molar-refractivity contribution < 1.29 is 9.50 Å². The van der Waals surface area contributed by atoms with Crippen molar-refractivity contribution >= 4 is 11.6 Å². The van der Waals surface area contributed by atoms with Gasteiger partial charge >= 0.3 is 0 Å². The summed E-state index contributed by atoms with van der Waals surface area (Å²) in [6.07, 6.45) is 4.70. The summed E-state index contributed by atoms with van der Waals surface area (Å²) in [6, 6.07) is 4.33. The Morgan fingerprint density at radius 2 is 2.19 bits per heavy atom. The lowest BCUT2D eigenvalue weighted by Gasteiger charge is -2.11. The molecule has 0 radical (unpaired) electrons. The van der Waals surface area contributed by atoms with Gasteiger partial charge in [0.2, 0.25) is 0 Å². The molecule has 0 aromatic heterocycles. The van der Waals surface area contributed by atoms with Crippen molar-refractivity contribution in [2.75, 3.05) is 0 Å². The van der Waals surface area contributed by atoms with Crippen LogP contribution >= 0.6 is 11.6 Å². The summed E-state index contributed by atoms with van der Waals surface area (Å²) in [6.45, 7) is 0. The summed E-state index contributed by atoms with van der Waals surface area (Å²) in [7, 11) is 0. The zero-order valence-electron chi connectivity index (χ0n) is 9.13. The van der Waals surface area contributed by atoms with Crippen molar-refractivity contribution in [1.82, 2.24) is 0 Å². The number of halogens is 2. The van der Waals surface area contributed by atoms with Crippen LogP contribution in [-0.2, 0) is 6.42 Å². The molecule has 1 fully saturated rings. The van der Waals surface area contributed by atoms with Crippen molar-refractivity contribution in [3.05, 3.63) is 34.6 Å². The van der Waals surface area contributed by atoms with Crippen LogP contribution in [0, 0.1) is 11.7 Å². The quantitative estimate of drug-likeness (QED) is 0.837. The van der Waals surface area contributed by atoms with Gasteiger partial charge < -0.3 is 5.11 Å². The topological polar surface area (TPSA) is 20.2 Å². The van der Waals surface area contributed by atoms with E-state index in [0.29, 0.717) is 11.4 Å². The average Bonchev–Trinajstić information content (AvgIpc) is 3.03. The van der Waals surface area contributed by atoms with Crippen LogP contribution in [0.2, 0.25) is 5.02 Å². The van der Waals surface area contributed by atoms with Gasteiger partial charge in [-0.15, -0.1) is 0 Å². The van der Waals surface area contributed by atoms with Crippen LogP contribution in [0.25, 0.3) is 0 Å².